The lowest BCUT2D eigenvalue weighted by Crippen LogP contribution is -1.83. The molecule has 0 radical (unpaired) electrons. The lowest BCUT2D eigenvalue weighted by atomic mass is 10.1. The summed E-state index contributed by atoms with van der Waals surface area (Å²) in [5.74, 6) is 0. The molecule has 3 heteroatoms. The van der Waals surface area contributed by atoms with Crippen LogP contribution < -0.4 is 0 Å². The molecule has 2 aromatic rings. The average Bonchev–Trinajstić information content (AvgIpc) is 2.31. The summed E-state index contributed by atoms with van der Waals surface area (Å²) in [6, 6.07) is 7.15. The van der Waals surface area contributed by atoms with Gasteiger partial charge in [-0.25, -0.2) is 4.98 Å². The molecule has 0 fully saturated rings. The van der Waals surface area contributed by atoms with Gasteiger partial charge < -0.3 is 0 Å². The highest BCUT2D eigenvalue weighted by Crippen LogP contribution is 2.22. The van der Waals surface area contributed by atoms with Crippen LogP contribution in [0.15, 0.2) is 51.5 Å². The van der Waals surface area contributed by atoms with Crippen LogP contribution in [0.5, 0.6) is 0 Å². The van der Waals surface area contributed by atoms with Gasteiger partial charge in [0.25, 0.3) is 0 Å². The molecule has 0 bridgehead atoms. The Morgan fingerprint density at radius 1 is 1.21 bits per heavy atom. The first-order valence-electron chi connectivity index (χ1n) is 5.40. The molecule has 14 heavy (non-hydrogen) atoms. The highest BCUT2D eigenvalue weighted by Gasteiger charge is 1.99. The topological polar surface area (TPSA) is 12.9 Å². The van der Waals surface area contributed by atoms with Crippen molar-refractivity contribution in [1.82, 2.24) is 4.98 Å². The van der Waals surface area contributed by atoms with Crippen LogP contribution in [0.1, 0.15) is 4.11 Å². The largest absolute Gasteiger partial charge is 0.241 e. The summed E-state index contributed by atoms with van der Waals surface area (Å²) in [6.07, 6.45) is 0. The molecule has 1 aromatic heterocycles. The molecule has 0 amide bonds. The molecule has 0 atom stereocenters. The van der Waals surface area contributed by atoms with E-state index in [1.807, 2.05) is 24.3 Å². The van der Waals surface area contributed by atoms with Crippen molar-refractivity contribution < 1.29 is 4.11 Å². The summed E-state index contributed by atoms with van der Waals surface area (Å²) in [5.41, 5.74) is 1.15. The Kier molecular flexibility index (Phi) is 2.04. The maximum atomic E-state index is 7.83. The molecule has 1 aromatic carbocycles. The number of nitrogens with zero attached hydrogens (tertiary/aromatic N) is 1. The molecule has 0 unspecified atom stereocenters. The molecule has 0 saturated carbocycles. The minimum atomic E-state index is -0.123. The number of benzene rings is 1. The van der Waals surface area contributed by atoms with Crippen molar-refractivity contribution in [2.24, 2.45) is 0 Å². The molecule has 0 spiro atoms. The minimum Gasteiger partial charge on any atom is -0.241 e. The van der Waals surface area contributed by atoms with Crippen LogP contribution in [0.4, 0.5) is 0 Å². The highest BCUT2D eigenvalue weighted by molar-refractivity contribution is 9.10. The normalized spacial score (nSPS) is 13.1. The number of rotatable bonds is 1. The molecule has 0 saturated heterocycles. The lowest BCUT2D eigenvalue weighted by Gasteiger charge is -2.01. The summed E-state index contributed by atoms with van der Waals surface area (Å²) in [4.78, 5) is 4.15. The molecule has 70 valence electrons. The Hall–Kier alpha value is -0.670. The third-order valence-corrected chi connectivity index (χ3v) is 2.52. The third kappa shape index (κ3) is 2.22. The molecule has 2 rings (SSSR count). The van der Waals surface area contributed by atoms with Crippen LogP contribution in [-0.2, 0) is 0 Å². The summed E-state index contributed by atoms with van der Waals surface area (Å²) in [6.45, 7) is 0. The van der Waals surface area contributed by atoms with E-state index in [4.69, 9.17) is 4.11 Å². The predicted molar refractivity (Wildman–Crippen MR) is 65.1 cm³/mol. The van der Waals surface area contributed by atoms with Gasteiger partial charge >= 0.3 is 0 Å². The zero-order valence-corrected chi connectivity index (χ0v) is 10.2. The Balaban J connectivity index is 2.68. The van der Waals surface area contributed by atoms with Gasteiger partial charge in [-0.05, 0) is 40.1 Å². The Labute approximate surface area is 104 Å². The summed E-state index contributed by atoms with van der Waals surface area (Å²) < 4.78 is 24.2. The van der Waals surface area contributed by atoms with E-state index in [2.05, 4.69) is 36.8 Å². The fraction of sp³-hybridized carbons (Fsp3) is 0. The second-order valence-corrected chi connectivity index (χ2v) is 4.30. The number of hydrogen-bond acceptors (Lipinski definition) is 1. The standard InChI is InChI=1S/C11H7Br2N/c12-9-4-1-3-8(7-9)10-5-2-6-11(13)14-10/h1-7H/i2D,5D,6D. The monoisotopic (exact) mass is 314 g/mol. The van der Waals surface area contributed by atoms with Crippen molar-refractivity contribution >= 4 is 31.9 Å². The van der Waals surface area contributed by atoms with Crippen LogP contribution >= 0.6 is 31.9 Å². The van der Waals surface area contributed by atoms with Crippen molar-refractivity contribution in [1.29, 1.82) is 0 Å². The van der Waals surface area contributed by atoms with Crippen molar-refractivity contribution in [3.05, 3.63) is 51.5 Å². The second kappa shape index (κ2) is 4.24. The summed E-state index contributed by atoms with van der Waals surface area (Å²) in [7, 11) is 0. The van der Waals surface area contributed by atoms with Crippen LogP contribution in [-0.4, -0.2) is 4.98 Å². The van der Waals surface area contributed by atoms with Gasteiger partial charge in [-0.15, -0.1) is 0 Å². The zero-order chi connectivity index (χ0) is 12.6. The smallest absolute Gasteiger partial charge is 0.106 e. The number of aromatic nitrogens is 1. The third-order valence-electron chi connectivity index (χ3n) is 1.65. The van der Waals surface area contributed by atoms with Crippen molar-refractivity contribution in [2.75, 3.05) is 0 Å². The Morgan fingerprint density at radius 2 is 2.07 bits per heavy atom. The average molecular weight is 316 g/mol. The summed E-state index contributed by atoms with van der Waals surface area (Å²) in [5, 5.41) is 0. The first-order valence-corrected chi connectivity index (χ1v) is 5.48. The molecule has 0 N–H and O–H groups in total. The van der Waals surface area contributed by atoms with Gasteiger partial charge in [0, 0.05) is 10.0 Å². The number of hydrogen-bond donors (Lipinski definition) is 0. The molecule has 1 heterocycles. The van der Waals surface area contributed by atoms with Gasteiger partial charge in [0.1, 0.15) is 4.60 Å². The lowest BCUT2D eigenvalue weighted by molar-refractivity contribution is 1.28. The minimum absolute atomic E-state index is 0.0312. The molecular weight excluding hydrogens is 306 g/mol. The first-order chi connectivity index (χ1) is 8.00. The van der Waals surface area contributed by atoms with E-state index in [1.54, 1.807) is 0 Å². The van der Waals surface area contributed by atoms with Crippen LogP contribution in [0.2, 0.25) is 0 Å². The van der Waals surface area contributed by atoms with Gasteiger partial charge in [-0.2, -0.15) is 0 Å². The van der Waals surface area contributed by atoms with E-state index in [9.17, 15) is 0 Å². The van der Waals surface area contributed by atoms with Gasteiger partial charge in [0.05, 0.1) is 9.81 Å². The first kappa shape index (κ1) is 6.75. The van der Waals surface area contributed by atoms with Crippen molar-refractivity contribution in [2.45, 2.75) is 0 Å². The predicted octanol–water partition coefficient (Wildman–Crippen LogP) is 4.27. The highest BCUT2D eigenvalue weighted by atomic mass is 79.9. The second-order valence-electron chi connectivity index (χ2n) is 2.64. The fourth-order valence-electron chi connectivity index (χ4n) is 1.07. The SMILES string of the molecule is [2H]c1c(Br)nc(-c2cccc(Br)c2)c([2H])c1[2H]. The van der Waals surface area contributed by atoms with Gasteiger partial charge in [-0.1, -0.05) is 34.1 Å². The van der Waals surface area contributed by atoms with Gasteiger partial charge in [0.2, 0.25) is 0 Å². The van der Waals surface area contributed by atoms with Crippen molar-refractivity contribution in [3.8, 4) is 11.3 Å². The van der Waals surface area contributed by atoms with E-state index in [-0.39, 0.29) is 22.7 Å². The molecule has 0 aliphatic rings. The maximum Gasteiger partial charge on any atom is 0.106 e. The zero-order valence-electron chi connectivity index (χ0n) is 10.0. The Bertz CT molecular complexity index is 587. The molecule has 1 nitrogen and oxygen atoms in total. The van der Waals surface area contributed by atoms with Crippen LogP contribution in [0, 0.1) is 0 Å². The van der Waals surface area contributed by atoms with Crippen molar-refractivity contribution in [3.63, 3.8) is 0 Å². The maximum absolute atomic E-state index is 7.83. The van der Waals surface area contributed by atoms with Gasteiger partial charge in [0.15, 0.2) is 0 Å². The molecular formula is C11H7Br2N. The van der Waals surface area contributed by atoms with E-state index in [0.29, 0.717) is 5.69 Å². The van der Waals surface area contributed by atoms with E-state index in [0.717, 1.165) is 10.0 Å². The van der Waals surface area contributed by atoms with E-state index >= 15 is 0 Å². The summed E-state index contributed by atoms with van der Waals surface area (Å²) >= 11 is 6.48. The molecule has 0 aliphatic carbocycles. The molecule has 0 aliphatic heterocycles. The van der Waals surface area contributed by atoms with Crippen LogP contribution in [0.25, 0.3) is 11.3 Å². The van der Waals surface area contributed by atoms with E-state index in [1.165, 1.54) is 0 Å². The van der Waals surface area contributed by atoms with Crippen LogP contribution in [0.3, 0.4) is 0 Å². The number of halogens is 2. The fourth-order valence-corrected chi connectivity index (χ4v) is 1.74. The van der Waals surface area contributed by atoms with Gasteiger partial charge in [-0.3, -0.25) is 0 Å². The van der Waals surface area contributed by atoms with E-state index < -0.39 is 0 Å². The quantitative estimate of drug-likeness (QED) is 0.716. The number of pyridine rings is 1. The Morgan fingerprint density at radius 3 is 2.86 bits per heavy atom.